The van der Waals surface area contributed by atoms with Crippen LogP contribution in [0, 0.1) is 12.8 Å². The number of benzene rings is 1. The van der Waals surface area contributed by atoms with Crippen LogP contribution in [0.3, 0.4) is 0 Å². The lowest BCUT2D eigenvalue weighted by Gasteiger charge is -2.40. The third-order valence-electron chi connectivity index (χ3n) is 4.01. The van der Waals surface area contributed by atoms with Gasteiger partial charge in [-0.3, -0.25) is 0 Å². The van der Waals surface area contributed by atoms with Crippen molar-refractivity contribution in [1.82, 2.24) is 0 Å². The lowest BCUT2D eigenvalue weighted by atomic mass is 10.0. The minimum Gasteiger partial charge on any atom is -0.365 e. The highest BCUT2D eigenvalue weighted by atomic mass is 16.7. The Morgan fingerprint density at radius 2 is 1.90 bits per heavy atom. The first kappa shape index (κ1) is 15.5. The summed E-state index contributed by atoms with van der Waals surface area (Å²) < 4.78 is 17.8. The Kier molecular flexibility index (Phi) is 5.19. The molecule has 1 fully saturated rings. The second-order valence-corrected chi connectivity index (χ2v) is 5.99. The number of rotatable bonds is 5. The number of aryl methyl sites for hydroxylation is 1. The van der Waals surface area contributed by atoms with Crippen LogP contribution in [0.15, 0.2) is 24.3 Å². The van der Waals surface area contributed by atoms with Crippen molar-refractivity contribution in [3.63, 3.8) is 0 Å². The molecule has 0 spiro atoms. The van der Waals surface area contributed by atoms with Crippen LogP contribution in [0.1, 0.15) is 38.3 Å². The van der Waals surface area contributed by atoms with E-state index in [2.05, 4.69) is 45.9 Å². The number of hydrogen-bond donors (Lipinski definition) is 0. The summed E-state index contributed by atoms with van der Waals surface area (Å²) in [7, 11) is 0. The molecule has 2 rings (SSSR count). The summed E-state index contributed by atoms with van der Waals surface area (Å²) in [6.45, 7) is 10.3. The van der Waals surface area contributed by atoms with E-state index >= 15 is 0 Å². The van der Waals surface area contributed by atoms with Gasteiger partial charge >= 0.3 is 0 Å². The van der Waals surface area contributed by atoms with Crippen molar-refractivity contribution in [3.8, 4) is 0 Å². The summed E-state index contributed by atoms with van der Waals surface area (Å²) in [6, 6.07) is 8.32. The third kappa shape index (κ3) is 3.60. The van der Waals surface area contributed by atoms with Gasteiger partial charge < -0.3 is 14.2 Å². The van der Waals surface area contributed by atoms with E-state index in [9.17, 15) is 0 Å². The van der Waals surface area contributed by atoms with Gasteiger partial charge in [-0.05, 0) is 24.5 Å². The average Bonchev–Trinajstić information content (AvgIpc) is 2.47. The number of hydrogen-bond acceptors (Lipinski definition) is 3. The van der Waals surface area contributed by atoms with Crippen LogP contribution in [0.5, 0.6) is 0 Å². The predicted octanol–water partition coefficient (Wildman–Crippen LogP) is 3.69. The van der Waals surface area contributed by atoms with Gasteiger partial charge in [0.05, 0.1) is 19.8 Å². The summed E-state index contributed by atoms with van der Waals surface area (Å²) >= 11 is 0. The maximum Gasteiger partial charge on any atom is 0.160 e. The van der Waals surface area contributed by atoms with E-state index in [1.165, 1.54) is 11.1 Å². The predicted molar refractivity (Wildman–Crippen MR) is 79.5 cm³/mol. The fourth-order valence-electron chi connectivity index (χ4n) is 2.34. The van der Waals surface area contributed by atoms with Crippen LogP contribution in [0.4, 0.5) is 0 Å². The topological polar surface area (TPSA) is 27.7 Å². The van der Waals surface area contributed by atoms with E-state index in [-0.39, 0.29) is 11.9 Å². The Morgan fingerprint density at radius 3 is 2.45 bits per heavy atom. The van der Waals surface area contributed by atoms with Crippen molar-refractivity contribution in [2.45, 2.75) is 52.6 Å². The lowest BCUT2D eigenvalue weighted by molar-refractivity contribution is -0.280. The van der Waals surface area contributed by atoms with E-state index in [0.717, 1.165) is 6.42 Å². The van der Waals surface area contributed by atoms with Crippen LogP contribution in [0.25, 0.3) is 0 Å². The largest absolute Gasteiger partial charge is 0.365 e. The molecule has 0 aromatic heterocycles. The zero-order valence-electron chi connectivity index (χ0n) is 13.0. The van der Waals surface area contributed by atoms with Crippen molar-refractivity contribution in [2.75, 3.05) is 13.2 Å². The van der Waals surface area contributed by atoms with E-state index in [4.69, 9.17) is 14.2 Å². The van der Waals surface area contributed by atoms with Gasteiger partial charge in [-0.25, -0.2) is 0 Å². The molecule has 0 atom stereocenters. The lowest BCUT2D eigenvalue weighted by Crippen LogP contribution is -2.50. The summed E-state index contributed by atoms with van der Waals surface area (Å²) in [6.07, 6.45) is 0.792. The minimum atomic E-state index is -0.312. The van der Waals surface area contributed by atoms with Crippen molar-refractivity contribution < 1.29 is 14.2 Å². The molecule has 0 bridgehead atoms. The molecular weight excluding hydrogens is 252 g/mol. The monoisotopic (exact) mass is 278 g/mol. The van der Waals surface area contributed by atoms with Gasteiger partial charge in [-0.15, -0.1) is 0 Å². The Balaban J connectivity index is 1.95. The van der Waals surface area contributed by atoms with Crippen molar-refractivity contribution in [2.24, 2.45) is 5.92 Å². The molecule has 0 N–H and O–H groups in total. The van der Waals surface area contributed by atoms with Gasteiger partial charge in [0.1, 0.15) is 5.60 Å². The van der Waals surface area contributed by atoms with E-state index in [1.54, 1.807) is 0 Å². The standard InChI is InChI=1S/C17H26O3/c1-5-17(11-18-16(13(2)3)19-12-17)20-10-15-9-7-6-8-14(15)4/h6-9,13,16H,5,10-12H2,1-4H3/t16-,17+. The van der Waals surface area contributed by atoms with Gasteiger partial charge in [0.25, 0.3) is 0 Å². The molecule has 1 aliphatic rings. The molecule has 0 radical (unpaired) electrons. The molecule has 0 saturated carbocycles. The highest BCUT2D eigenvalue weighted by Crippen LogP contribution is 2.27. The fourth-order valence-corrected chi connectivity index (χ4v) is 2.34. The molecular formula is C17H26O3. The van der Waals surface area contributed by atoms with Crippen molar-refractivity contribution in [1.29, 1.82) is 0 Å². The molecule has 1 aromatic rings. The molecule has 3 nitrogen and oxygen atoms in total. The average molecular weight is 278 g/mol. The highest BCUT2D eigenvalue weighted by molar-refractivity contribution is 5.24. The second kappa shape index (κ2) is 6.70. The Labute approximate surface area is 122 Å². The first-order valence-corrected chi connectivity index (χ1v) is 7.48. The molecule has 0 unspecified atom stereocenters. The first-order chi connectivity index (χ1) is 9.56. The molecule has 1 heterocycles. The van der Waals surface area contributed by atoms with E-state index < -0.39 is 0 Å². The molecule has 0 aliphatic carbocycles. The van der Waals surface area contributed by atoms with E-state index in [0.29, 0.717) is 25.7 Å². The zero-order valence-corrected chi connectivity index (χ0v) is 13.0. The number of ether oxygens (including phenoxy) is 3. The van der Waals surface area contributed by atoms with Crippen LogP contribution in [-0.4, -0.2) is 25.1 Å². The molecule has 0 amide bonds. The van der Waals surface area contributed by atoms with Crippen LogP contribution in [-0.2, 0) is 20.8 Å². The van der Waals surface area contributed by atoms with Crippen LogP contribution < -0.4 is 0 Å². The van der Waals surface area contributed by atoms with Gasteiger partial charge in [-0.1, -0.05) is 45.0 Å². The second-order valence-electron chi connectivity index (χ2n) is 5.99. The Hall–Kier alpha value is -0.900. The molecule has 112 valence electrons. The summed E-state index contributed by atoms with van der Waals surface area (Å²) in [4.78, 5) is 0. The maximum absolute atomic E-state index is 6.16. The third-order valence-corrected chi connectivity index (χ3v) is 4.01. The van der Waals surface area contributed by atoms with E-state index in [1.807, 2.05) is 6.07 Å². The smallest absolute Gasteiger partial charge is 0.160 e. The van der Waals surface area contributed by atoms with Gasteiger partial charge in [0.2, 0.25) is 0 Å². The molecule has 1 aliphatic heterocycles. The molecule has 1 aromatic carbocycles. The van der Waals surface area contributed by atoms with Crippen molar-refractivity contribution in [3.05, 3.63) is 35.4 Å². The Morgan fingerprint density at radius 1 is 1.25 bits per heavy atom. The normalized spacial score (nSPS) is 26.9. The first-order valence-electron chi connectivity index (χ1n) is 7.48. The summed E-state index contributed by atoms with van der Waals surface area (Å²) in [5.41, 5.74) is 2.18. The van der Waals surface area contributed by atoms with Gasteiger partial charge in [0.15, 0.2) is 6.29 Å². The fraction of sp³-hybridized carbons (Fsp3) is 0.647. The molecule has 1 saturated heterocycles. The molecule has 3 heteroatoms. The summed E-state index contributed by atoms with van der Waals surface area (Å²) in [5, 5.41) is 0. The quantitative estimate of drug-likeness (QED) is 0.822. The zero-order chi connectivity index (χ0) is 14.6. The van der Waals surface area contributed by atoms with Gasteiger partial charge in [-0.2, -0.15) is 0 Å². The highest BCUT2D eigenvalue weighted by Gasteiger charge is 2.37. The van der Waals surface area contributed by atoms with Gasteiger partial charge in [0, 0.05) is 5.92 Å². The maximum atomic E-state index is 6.16. The van der Waals surface area contributed by atoms with Crippen LogP contribution in [0.2, 0.25) is 0 Å². The minimum absolute atomic E-state index is 0.100. The van der Waals surface area contributed by atoms with Crippen molar-refractivity contribution >= 4 is 0 Å². The summed E-state index contributed by atoms with van der Waals surface area (Å²) in [5.74, 6) is 0.376. The molecule has 20 heavy (non-hydrogen) atoms. The SMILES string of the molecule is CC[C@]1(OCc2ccccc2C)CO[C@@H](C(C)C)OC1. The van der Waals surface area contributed by atoms with Crippen LogP contribution >= 0.6 is 0 Å². The Bertz CT molecular complexity index is 420.